The second-order valence-corrected chi connectivity index (χ2v) is 4.65. The minimum Gasteiger partial charge on any atom is -0.343 e. The van der Waals surface area contributed by atoms with Crippen LogP contribution in [0.2, 0.25) is 0 Å². The van der Waals surface area contributed by atoms with Gasteiger partial charge in [-0.2, -0.15) is 0 Å². The lowest BCUT2D eigenvalue weighted by Gasteiger charge is -2.20. The quantitative estimate of drug-likeness (QED) is 0.728. The normalized spacial score (nSPS) is 20.9. The first kappa shape index (κ1) is 14.5. The number of rotatable bonds is 6. The Morgan fingerprint density at radius 1 is 1.29 bits per heavy atom. The van der Waals surface area contributed by atoms with Gasteiger partial charge in [0.15, 0.2) is 0 Å². The molecule has 1 fully saturated rings. The summed E-state index contributed by atoms with van der Waals surface area (Å²) in [5.74, 6) is 0.272. The third kappa shape index (κ3) is 5.50. The monoisotopic (exact) mass is 241 g/mol. The highest BCUT2D eigenvalue weighted by molar-refractivity contribution is 5.76. The van der Waals surface area contributed by atoms with E-state index in [2.05, 4.69) is 10.6 Å². The van der Waals surface area contributed by atoms with Crippen molar-refractivity contribution in [2.75, 3.05) is 32.7 Å². The second kappa shape index (κ2) is 8.48. The number of hydrogen-bond donors (Lipinski definition) is 2. The Morgan fingerprint density at radius 3 is 2.76 bits per heavy atom. The van der Waals surface area contributed by atoms with Crippen molar-refractivity contribution in [1.82, 2.24) is 15.5 Å². The van der Waals surface area contributed by atoms with Crippen molar-refractivity contribution in [2.45, 2.75) is 45.6 Å². The number of hydrogen-bond acceptors (Lipinski definition) is 3. The van der Waals surface area contributed by atoms with Crippen molar-refractivity contribution in [3.05, 3.63) is 0 Å². The first-order chi connectivity index (χ1) is 8.27. The lowest BCUT2D eigenvalue weighted by atomic mass is 10.1. The highest BCUT2D eigenvalue weighted by Crippen LogP contribution is 2.04. The van der Waals surface area contributed by atoms with E-state index in [-0.39, 0.29) is 5.91 Å². The zero-order valence-electron chi connectivity index (χ0n) is 11.3. The molecule has 1 rings (SSSR count). The van der Waals surface area contributed by atoms with Gasteiger partial charge in [0.2, 0.25) is 5.91 Å². The fraction of sp³-hybridized carbons (Fsp3) is 0.923. The molecule has 1 heterocycles. The summed E-state index contributed by atoms with van der Waals surface area (Å²) < 4.78 is 0. The van der Waals surface area contributed by atoms with E-state index in [0.29, 0.717) is 12.5 Å². The maximum atomic E-state index is 11.8. The van der Waals surface area contributed by atoms with Gasteiger partial charge in [0.05, 0.1) is 0 Å². The van der Waals surface area contributed by atoms with Gasteiger partial charge in [-0.1, -0.05) is 0 Å². The predicted octanol–water partition coefficient (Wildman–Crippen LogP) is 0.977. The highest BCUT2D eigenvalue weighted by atomic mass is 16.2. The van der Waals surface area contributed by atoms with Crippen molar-refractivity contribution < 1.29 is 4.79 Å². The molecule has 0 aromatic carbocycles. The van der Waals surface area contributed by atoms with Gasteiger partial charge in [-0.25, -0.2) is 0 Å². The molecule has 4 nitrogen and oxygen atoms in total. The summed E-state index contributed by atoms with van der Waals surface area (Å²) in [5.41, 5.74) is 0. The van der Waals surface area contributed by atoms with Gasteiger partial charge >= 0.3 is 0 Å². The number of nitrogens with zero attached hydrogens (tertiary/aromatic N) is 1. The van der Waals surface area contributed by atoms with E-state index in [1.54, 1.807) is 0 Å². The second-order valence-electron chi connectivity index (χ2n) is 4.65. The van der Waals surface area contributed by atoms with Gasteiger partial charge in [0.25, 0.3) is 0 Å². The van der Waals surface area contributed by atoms with Crippen LogP contribution in [0.1, 0.15) is 39.5 Å². The highest BCUT2D eigenvalue weighted by Gasteiger charge is 2.13. The maximum absolute atomic E-state index is 11.8. The largest absolute Gasteiger partial charge is 0.343 e. The Bertz CT molecular complexity index is 209. The molecular formula is C13H27N3O. The molecule has 1 aliphatic rings. The first-order valence-electron chi connectivity index (χ1n) is 6.99. The van der Waals surface area contributed by atoms with Gasteiger partial charge in [0.1, 0.15) is 0 Å². The van der Waals surface area contributed by atoms with Crippen molar-refractivity contribution in [1.29, 1.82) is 0 Å². The molecule has 0 aromatic rings. The average molecular weight is 241 g/mol. The van der Waals surface area contributed by atoms with Crippen LogP contribution in [-0.2, 0) is 4.79 Å². The third-order valence-electron chi connectivity index (χ3n) is 3.46. The number of amides is 1. The summed E-state index contributed by atoms with van der Waals surface area (Å²) in [6.45, 7) is 8.77. The van der Waals surface area contributed by atoms with Crippen LogP contribution in [0, 0.1) is 0 Å². The lowest BCUT2D eigenvalue weighted by Crippen LogP contribution is -2.36. The fourth-order valence-electron chi connectivity index (χ4n) is 2.34. The molecule has 0 spiro atoms. The van der Waals surface area contributed by atoms with Gasteiger partial charge in [-0.15, -0.1) is 0 Å². The number of carbonyl (C=O) groups is 1. The Hall–Kier alpha value is -0.610. The van der Waals surface area contributed by atoms with Crippen LogP contribution in [0.25, 0.3) is 0 Å². The van der Waals surface area contributed by atoms with E-state index < -0.39 is 0 Å². The Labute approximate surface area is 105 Å². The summed E-state index contributed by atoms with van der Waals surface area (Å²) in [6.07, 6.45) is 4.28. The van der Waals surface area contributed by atoms with Gasteiger partial charge in [0, 0.05) is 32.1 Å². The first-order valence-corrected chi connectivity index (χ1v) is 6.99. The summed E-state index contributed by atoms with van der Waals surface area (Å²) >= 11 is 0. The molecule has 0 aliphatic carbocycles. The van der Waals surface area contributed by atoms with Crippen molar-refractivity contribution >= 4 is 5.91 Å². The summed E-state index contributed by atoms with van der Waals surface area (Å²) in [5, 5.41) is 6.91. The van der Waals surface area contributed by atoms with E-state index in [0.717, 1.165) is 32.7 Å². The predicted molar refractivity (Wildman–Crippen MR) is 71.1 cm³/mol. The van der Waals surface area contributed by atoms with E-state index in [1.807, 2.05) is 18.7 Å². The lowest BCUT2D eigenvalue weighted by molar-refractivity contribution is -0.130. The molecule has 2 N–H and O–H groups in total. The summed E-state index contributed by atoms with van der Waals surface area (Å²) in [7, 11) is 0. The average Bonchev–Trinajstić information content (AvgIpc) is 2.59. The van der Waals surface area contributed by atoms with Crippen LogP contribution in [0.4, 0.5) is 0 Å². The Morgan fingerprint density at radius 2 is 2.06 bits per heavy atom. The topological polar surface area (TPSA) is 44.4 Å². The molecular weight excluding hydrogens is 214 g/mol. The molecule has 1 amide bonds. The van der Waals surface area contributed by atoms with Crippen LogP contribution in [0.3, 0.4) is 0 Å². The molecule has 1 saturated heterocycles. The van der Waals surface area contributed by atoms with Crippen LogP contribution in [-0.4, -0.2) is 49.6 Å². The molecule has 0 aromatic heterocycles. The van der Waals surface area contributed by atoms with Crippen LogP contribution < -0.4 is 10.6 Å². The van der Waals surface area contributed by atoms with Crippen molar-refractivity contribution in [3.63, 3.8) is 0 Å². The molecule has 100 valence electrons. The van der Waals surface area contributed by atoms with Crippen LogP contribution in [0.15, 0.2) is 0 Å². The molecule has 4 heteroatoms. The minimum atomic E-state index is 0.272. The zero-order valence-corrected chi connectivity index (χ0v) is 11.3. The van der Waals surface area contributed by atoms with Crippen molar-refractivity contribution in [2.24, 2.45) is 0 Å². The summed E-state index contributed by atoms with van der Waals surface area (Å²) in [6, 6.07) is 0.592. The molecule has 0 radical (unpaired) electrons. The van der Waals surface area contributed by atoms with E-state index >= 15 is 0 Å². The van der Waals surface area contributed by atoms with E-state index in [1.165, 1.54) is 19.3 Å². The fourth-order valence-corrected chi connectivity index (χ4v) is 2.34. The van der Waals surface area contributed by atoms with Gasteiger partial charge in [-0.3, -0.25) is 4.79 Å². The van der Waals surface area contributed by atoms with Gasteiger partial charge < -0.3 is 15.5 Å². The van der Waals surface area contributed by atoms with Crippen LogP contribution >= 0.6 is 0 Å². The Kier molecular flexibility index (Phi) is 7.21. The molecule has 0 bridgehead atoms. The SMILES string of the molecule is CCN(CC)C(=O)CCNC1CCCNCC1. The van der Waals surface area contributed by atoms with E-state index in [9.17, 15) is 4.79 Å². The number of nitrogens with one attached hydrogen (secondary N) is 2. The van der Waals surface area contributed by atoms with Crippen molar-refractivity contribution in [3.8, 4) is 0 Å². The number of carbonyl (C=O) groups excluding carboxylic acids is 1. The minimum absolute atomic E-state index is 0.272. The maximum Gasteiger partial charge on any atom is 0.223 e. The third-order valence-corrected chi connectivity index (χ3v) is 3.46. The zero-order chi connectivity index (χ0) is 12.5. The van der Waals surface area contributed by atoms with Gasteiger partial charge in [-0.05, 0) is 46.2 Å². The molecule has 1 atom stereocenters. The molecule has 0 saturated carbocycles. The molecule has 17 heavy (non-hydrogen) atoms. The Balaban J connectivity index is 2.15. The standard InChI is InChI=1S/C13H27N3O/c1-3-16(4-2)13(17)8-11-15-12-6-5-9-14-10-7-12/h12,14-15H,3-11H2,1-2H3. The van der Waals surface area contributed by atoms with Crippen LogP contribution in [0.5, 0.6) is 0 Å². The molecule has 1 unspecified atom stereocenters. The summed E-state index contributed by atoms with van der Waals surface area (Å²) in [4.78, 5) is 13.7. The smallest absolute Gasteiger partial charge is 0.223 e. The molecule has 1 aliphatic heterocycles. The van der Waals surface area contributed by atoms with E-state index in [4.69, 9.17) is 0 Å².